The van der Waals surface area contributed by atoms with Crippen LogP contribution >= 0.6 is 0 Å². The number of esters is 1. The topological polar surface area (TPSA) is 78.7 Å². The maximum Gasteiger partial charge on any atom is 0.301 e. The van der Waals surface area contributed by atoms with Crippen molar-refractivity contribution in [3.05, 3.63) is 75.7 Å². The van der Waals surface area contributed by atoms with E-state index in [1.54, 1.807) is 13.0 Å². The van der Waals surface area contributed by atoms with Gasteiger partial charge in [-0.3, -0.25) is 0 Å². The molecule has 0 atom stereocenters. The SMILES string of the molecule is CC1=C(/C=C/C(C)=C/C=C/C(C)=C/C(=O)O[CH-]O[N+](=O)[O-])C(C)(C)CCC1.[Re].[Rf]. The summed E-state index contributed by atoms with van der Waals surface area (Å²) in [6, 6.07) is 0. The van der Waals surface area contributed by atoms with Crippen molar-refractivity contribution < 1.29 is 39.9 Å². The summed E-state index contributed by atoms with van der Waals surface area (Å²) in [5, 5.41) is 8.86. The number of rotatable bonds is 8. The number of allylic oxidation sites excluding steroid dienone is 9. The average molecular weight is 828 g/mol. The van der Waals surface area contributed by atoms with Gasteiger partial charge >= 0.3 is 5.97 Å². The third kappa shape index (κ3) is 10.8. The van der Waals surface area contributed by atoms with Crippen LogP contribution in [0, 0.1) is 22.3 Å². The van der Waals surface area contributed by atoms with Gasteiger partial charge in [-0.25, -0.2) is 4.79 Å². The summed E-state index contributed by atoms with van der Waals surface area (Å²) >= 11 is 0. The van der Waals surface area contributed by atoms with E-state index >= 15 is 0 Å². The van der Waals surface area contributed by atoms with Crippen LogP contribution in [0.1, 0.15) is 53.9 Å². The molecule has 6 nitrogen and oxygen atoms in total. The zero-order valence-electron chi connectivity index (χ0n) is 17.7. The molecule has 0 aromatic carbocycles. The fourth-order valence-electron chi connectivity index (χ4n) is 3.00. The van der Waals surface area contributed by atoms with Gasteiger partial charge in [-0.2, -0.15) is 0 Å². The number of hydrogen-bond acceptors (Lipinski definition) is 5. The molecule has 0 aromatic heterocycles. The smallest absolute Gasteiger partial charge is 0.301 e. The molecule has 0 bridgehead atoms. The Balaban J connectivity index is 0. The molecule has 157 valence electrons. The summed E-state index contributed by atoms with van der Waals surface area (Å²) < 4.78 is 4.42. The minimum Gasteiger partial charge on any atom is -0.608 e. The van der Waals surface area contributed by atoms with Gasteiger partial charge in [-0.15, -0.1) is 10.1 Å². The summed E-state index contributed by atoms with van der Waals surface area (Å²) in [7, 11) is 0. The Morgan fingerprint density at radius 2 is 1.90 bits per heavy atom. The van der Waals surface area contributed by atoms with Gasteiger partial charge in [0.05, 0.1) is 0 Å². The van der Waals surface area contributed by atoms with E-state index < -0.39 is 11.1 Å². The first-order chi connectivity index (χ1) is 12.6. The fraction of sp³-hybridized carbons (Fsp3) is 0.429. The first kappa shape index (κ1) is 28.2. The van der Waals surface area contributed by atoms with Gasteiger partial charge in [0.25, 0.3) is 5.09 Å². The molecule has 0 aromatic rings. The molecule has 29 heavy (non-hydrogen) atoms. The van der Waals surface area contributed by atoms with Gasteiger partial charge < -0.3 is 9.57 Å². The maximum absolute atomic E-state index is 11.4. The number of carbonyl (C=O) groups excluding carboxylic acids is 1. The molecule has 0 amide bonds. The molecule has 0 saturated heterocycles. The fourth-order valence-corrected chi connectivity index (χ4v) is 3.00. The van der Waals surface area contributed by atoms with E-state index in [-0.39, 0.29) is 25.8 Å². The van der Waals surface area contributed by atoms with Crippen molar-refractivity contribution in [3.63, 3.8) is 0 Å². The van der Waals surface area contributed by atoms with Crippen LogP contribution in [0.5, 0.6) is 0 Å². The van der Waals surface area contributed by atoms with E-state index in [1.165, 1.54) is 30.1 Å². The zero-order chi connectivity index (χ0) is 20.4. The summed E-state index contributed by atoms with van der Waals surface area (Å²) in [6.45, 7) is 10.9. The number of ether oxygens (including phenoxy) is 1. The molecule has 1 aliphatic carbocycles. The van der Waals surface area contributed by atoms with E-state index in [2.05, 4.69) is 42.5 Å². The molecule has 0 aliphatic heterocycles. The van der Waals surface area contributed by atoms with Crippen LogP contribution in [0.3, 0.4) is 0 Å². The molecule has 1 rings (SSSR count). The van der Waals surface area contributed by atoms with E-state index in [9.17, 15) is 14.9 Å². The first-order valence-electron chi connectivity index (χ1n) is 8.87. The van der Waals surface area contributed by atoms with Crippen molar-refractivity contribution >= 4 is 5.97 Å². The molecular weight excluding hydrogens is 799 g/mol. The third-order valence-electron chi connectivity index (χ3n) is 4.41. The van der Waals surface area contributed by atoms with Gasteiger partial charge in [-0.05, 0) is 56.6 Å². The standard InChI is InChI=1S/C21H28NO5.Re.Rf/c1-16(11-12-19-18(3)10-7-13-21(19,4)5)8-6-9-17(2)14-20(23)26-15-27-22(24)25;;/h6,8-9,11-12,14-15H,7,10,13H2,1-5H3;;/q-1;;/b9-6+,12-11+,16-8+,17-14+;;. The Labute approximate surface area is 180 Å². The molecule has 8 heteroatoms. The minimum absolute atomic E-state index is 0. The van der Waals surface area contributed by atoms with Crippen molar-refractivity contribution in [2.75, 3.05) is 0 Å². The zero-order valence-corrected chi connectivity index (χ0v) is 26.9. The van der Waals surface area contributed by atoms with E-state index in [0.717, 1.165) is 12.0 Å². The Bertz CT molecular complexity index is 721. The van der Waals surface area contributed by atoms with Crippen LogP contribution in [0.25, 0.3) is 0 Å². The first-order valence-corrected chi connectivity index (χ1v) is 8.87. The Hall–Kier alpha value is -2.97. The monoisotopic (exact) mass is 828 g/mol. The van der Waals surface area contributed by atoms with E-state index in [4.69, 9.17) is 0 Å². The molecule has 0 fully saturated rings. The summed E-state index contributed by atoms with van der Waals surface area (Å²) in [4.78, 5) is 25.1. The van der Waals surface area contributed by atoms with E-state index in [1.807, 2.05) is 19.1 Å². The summed E-state index contributed by atoms with van der Waals surface area (Å²) in [5.41, 5.74) is 4.83. The number of carbonyl (C=O) groups is 1. The van der Waals surface area contributed by atoms with Crippen LogP contribution in [0.4, 0.5) is 0 Å². The number of hydrogen-bond donors (Lipinski definition) is 0. The predicted octanol–water partition coefficient (Wildman–Crippen LogP) is 5.39. The summed E-state index contributed by atoms with van der Waals surface area (Å²) in [6.07, 6.45) is 14.7. The van der Waals surface area contributed by atoms with Gasteiger partial charge in [0.1, 0.15) is 0 Å². The Kier molecular flexibility index (Phi) is 12.9. The molecule has 0 spiro atoms. The van der Waals surface area contributed by atoms with Crippen molar-refractivity contribution in [2.24, 2.45) is 5.41 Å². The molecule has 0 unspecified atom stereocenters. The number of nitrogens with zero attached hydrogens (tertiary/aromatic N) is 1. The maximum atomic E-state index is 11.4. The quantitative estimate of drug-likeness (QED) is 0.0821. The van der Waals surface area contributed by atoms with Crippen molar-refractivity contribution in [2.45, 2.75) is 53.9 Å². The van der Waals surface area contributed by atoms with Crippen molar-refractivity contribution in [1.82, 2.24) is 0 Å². The largest absolute Gasteiger partial charge is 0.608 e. The minimum atomic E-state index is -1.07. The Morgan fingerprint density at radius 3 is 2.48 bits per heavy atom. The van der Waals surface area contributed by atoms with Crippen molar-refractivity contribution in [1.29, 1.82) is 0 Å². The van der Waals surface area contributed by atoms with Crippen molar-refractivity contribution in [3.8, 4) is 0 Å². The van der Waals surface area contributed by atoms with Crippen LogP contribution < -0.4 is 0 Å². The van der Waals surface area contributed by atoms with Gasteiger partial charge in [0.2, 0.25) is 0 Å². The second-order valence-electron chi connectivity index (χ2n) is 7.29. The van der Waals surface area contributed by atoms with Crippen LogP contribution in [0.2, 0.25) is 0 Å². The third-order valence-corrected chi connectivity index (χ3v) is 4.41. The Morgan fingerprint density at radius 1 is 1.24 bits per heavy atom. The van der Waals surface area contributed by atoms with Gasteiger partial charge in [0, 0.05) is 33.3 Å². The van der Waals surface area contributed by atoms with Gasteiger partial charge in [-0.1, -0.05) is 55.4 Å². The second-order valence-corrected chi connectivity index (χ2v) is 7.29. The summed E-state index contributed by atoms with van der Waals surface area (Å²) in [5.74, 6) is -0.749. The normalized spacial score (nSPS) is 17.0. The van der Waals surface area contributed by atoms with Crippen LogP contribution in [-0.2, 0) is 34.8 Å². The van der Waals surface area contributed by atoms with Crippen LogP contribution in [0.15, 0.2) is 58.7 Å². The molecular formula is C21H28NO5ReRf-. The van der Waals surface area contributed by atoms with Gasteiger partial charge in [0.15, 0.2) is 0 Å². The predicted molar refractivity (Wildman–Crippen MR) is 105 cm³/mol. The molecule has 0 N–H and O–H groups in total. The molecule has 1 aliphatic rings. The average Bonchev–Trinajstić information content (AvgIpc) is 2.53. The molecule has 0 saturated carbocycles. The van der Waals surface area contributed by atoms with E-state index in [0.29, 0.717) is 12.4 Å². The molecule has 1 radical (unpaired) electrons. The molecule has 0 heterocycles. The second kappa shape index (κ2) is 13.2. The van der Waals surface area contributed by atoms with Crippen LogP contribution in [-0.4, -0.2) is 11.1 Å².